The lowest BCUT2D eigenvalue weighted by molar-refractivity contribution is -0.122. The Morgan fingerprint density at radius 2 is 1.80 bits per heavy atom. The molecule has 1 aliphatic heterocycles. The minimum atomic E-state index is -0.936. The number of amides is 4. The average molecular weight is 431 g/mol. The van der Waals surface area contributed by atoms with Crippen LogP contribution in [-0.4, -0.2) is 43.1 Å². The van der Waals surface area contributed by atoms with Crippen molar-refractivity contribution >= 4 is 47.2 Å². The van der Waals surface area contributed by atoms with Crippen molar-refractivity contribution in [2.75, 3.05) is 19.1 Å². The number of hydrogen-bond donors (Lipinski definition) is 2. The number of carbonyl (C=O) groups excluding carboxylic acids is 4. The SMILES string of the molecule is COC(=O)c1ccc(N2C(=O)NC(=O)/C(=C\c3cc(Cl)c(O)c(OC)c3)C2=O)cc1. The molecule has 2 aromatic carbocycles. The van der Waals surface area contributed by atoms with Crippen LogP contribution in [0.3, 0.4) is 0 Å². The highest BCUT2D eigenvalue weighted by Crippen LogP contribution is 2.35. The minimum absolute atomic E-state index is 0.0452. The molecular formula is C20H15ClN2O7. The number of benzene rings is 2. The van der Waals surface area contributed by atoms with Crippen molar-refractivity contribution < 1.29 is 33.8 Å². The number of esters is 1. The van der Waals surface area contributed by atoms with Gasteiger partial charge in [0.1, 0.15) is 5.57 Å². The van der Waals surface area contributed by atoms with Gasteiger partial charge in [0.15, 0.2) is 11.5 Å². The van der Waals surface area contributed by atoms with Gasteiger partial charge in [-0.3, -0.25) is 14.9 Å². The zero-order valence-electron chi connectivity index (χ0n) is 15.8. The molecule has 0 saturated carbocycles. The van der Waals surface area contributed by atoms with Crippen molar-refractivity contribution in [3.63, 3.8) is 0 Å². The number of hydrogen-bond acceptors (Lipinski definition) is 7. The van der Waals surface area contributed by atoms with E-state index in [9.17, 15) is 24.3 Å². The highest BCUT2D eigenvalue weighted by molar-refractivity contribution is 6.39. The van der Waals surface area contributed by atoms with E-state index in [1.54, 1.807) is 0 Å². The number of imide groups is 2. The number of anilines is 1. The van der Waals surface area contributed by atoms with Crippen molar-refractivity contribution in [1.82, 2.24) is 5.32 Å². The van der Waals surface area contributed by atoms with Crippen LogP contribution in [0, 0.1) is 0 Å². The maximum atomic E-state index is 12.9. The number of urea groups is 1. The maximum absolute atomic E-state index is 12.9. The highest BCUT2D eigenvalue weighted by atomic mass is 35.5. The number of rotatable bonds is 4. The standard InChI is InChI=1S/C20H15ClN2O7/c1-29-15-9-10(8-14(21)16(15)24)7-13-17(25)22-20(28)23(18(13)26)12-5-3-11(4-6-12)19(27)30-2/h3-9,24H,1-2H3,(H,22,25,28)/b13-7+. The van der Waals surface area contributed by atoms with Crippen molar-refractivity contribution in [2.45, 2.75) is 0 Å². The molecule has 2 N–H and O–H groups in total. The summed E-state index contributed by atoms with van der Waals surface area (Å²) >= 11 is 5.94. The third-order valence-corrected chi connectivity index (χ3v) is 4.52. The van der Waals surface area contributed by atoms with Gasteiger partial charge in [0.2, 0.25) is 0 Å². The molecule has 0 aliphatic carbocycles. The molecule has 0 bridgehead atoms. The molecule has 0 unspecified atom stereocenters. The fraction of sp³-hybridized carbons (Fsp3) is 0.100. The number of phenols is 1. The molecule has 0 spiro atoms. The number of methoxy groups -OCH3 is 2. The monoisotopic (exact) mass is 430 g/mol. The normalized spacial score (nSPS) is 15.2. The number of ether oxygens (including phenoxy) is 2. The van der Waals surface area contributed by atoms with Crippen LogP contribution < -0.4 is 15.0 Å². The zero-order valence-corrected chi connectivity index (χ0v) is 16.5. The molecule has 0 aromatic heterocycles. The molecule has 3 rings (SSSR count). The first-order valence-corrected chi connectivity index (χ1v) is 8.81. The number of carbonyl (C=O) groups is 4. The molecule has 0 atom stereocenters. The minimum Gasteiger partial charge on any atom is -0.503 e. The van der Waals surface area contributed by atoms with Crippen LogP contribution in [0.4, 0.5) is 10.5 Å². The fourth-order valence-electron chi connectivity index (χ4n) is 2.76. The smallest absolute Gasteiger partial charge is 0.337 e. The predicted molar refractivity (Wildman–Crippen MR) is 106 cm³/mol. The quantitative estimate of drug-likeness (QED) is 0.434. The van der Waals surface area contributed by atoms with E-state index in [0.717, 1.165) is 4.90 Å². The second kappa shape index (κ2) is 8.26. The molecule has 9 nitrogen and oxygen atoms in total. The Morgan fingerprint density at radius 1 is 1.13 bits per heavy atom. The first-order valence-electron chi connectivity index (χ1n) is 8.43. The Morgan fingerprint density at radius 3 is 2.40 bits per heavy atom. The van der Waals surface area contributed by atoms with Crippen LogP contribution >= 0.6 is 11.6 Å². The number of halogens is 1. The lowest BCUT2D eigenvalue weighted by Crippen LogP contribution is -2.54. The lowest BCUT2D eigenvalue weighted by atomic mass is 10.1. The van der Waals surface area contributed by atoms with Crippen molar-refractivity contribution in [2.24, 2.45) is 0 Å². The average Bonchev–Trinajstić information content (AvgIpc) is 2.73. The van der Waals surface area contributed by atoms with Gasteiger partial charge in [0.25, 0.3) is 11.8 Å². The second-order valence-corrected chi connectivity index (χ2v) is 6.46. The van der Waals surface area contributed by atoms with E-state index >= 15 is 0 Å². The molecule has 1 saturated heterocycles. The van der Waals surface area contributed by atoms with Gasteiger partial charge in [-0.2, -0.15) is 0 Å². The summed E-state index contributed by atoms with van der Waals surface area (Å²) < 4.78 is 9.61. The molecule has 10 heteroatoms. The topological polar surface area (TPSA) is 122 Å². The van der Waals surface area contributed by atoms with E-state index in [0.29, 0.717) is 5.56 Å². The van der Waals surface area contributed by atoms with Crippen LogP contribution in [0.5, 0.6) is 11.5 Å². The summed E-state index contributed by atoms with van der Waals surface area (Å²) in [6, 6.07) is 7.28. The molecule has 30 heavy (non-hydrogen) atoms. The van der Waals surface area contributed by atoms with Gasteiger partial charge < -0.3 is 14.6 Å². The van der Waals surface area contributed by atoms with E-state index in [2.05, 4.69) is 10.1 Å². The Labute approximate surface area is 175 Å². The van der Waals surface area contributed by atoms with Crippen LogP contribution in [0.15, 0.2) is 42.0 Å². The van der Waals surface area contributed by atoms with Gasteiger partial charge in [-0.05, 0) is 48.0 Å². The molecule has 1 aliphatic rings. The summed E-state index contributed by atoms with van der Waals surface area (Å²) in [7, 11) is 2.55. The van der Waals surface area contributed by atoms with Crippen LogP contribution in [0.1, 0.15) is 15.9 Å². The Kier molecular flexibility index (Phi) is 5.74. The summed E-state index contributed by atoms with van der Waals surface area (Å²) in [5.74, 6) is -2.59. The Bertz CT molecular complexity index is 1090. The fourth-order valence-corrected chi connectivity index (χ4v) is 2.97. The second-order valence-electron chi connectivity index (χ2n) is 6.05. The first-order chi connectivity index (χ1) is 14.3. The molecule has 154 valence electrons. The predicted octanol–water partition coefficient (Wildman–Crippen LogP) is 2.51. The van der Waals surface area contributed by atoms with Gasteiger partial charge in [-0.15, -0.1) is 0 Å². The van der Waals surface area contributed by atoms with E-state index in [-0.39, 0.29) is 33.3 Å². The van der Waals surface area contributed by atoms with Gasteiger partial charge in [-0.1, -0.05) is 11.6 Å². The molecule has 2 aromatic rings. The molecule has 1 fully saturated rings. The first kappa shape index (κ1) is 20.9. The van der Waals surface area contributed by atoms with E-state index < -0.39 is 23.8 Å². The Hall–Kier alpha value is -3.85. The van der Waals surface area contributed by atoms with Crippen LogP contribution in [0.2, 0.25) is 5.02 Å². The number of nitrogens with one attached hydrogen (secondary N) is 1. The summed E-state index contributed by atoms with van der Waals surface area (Å²) in [5.41, 5.74) is 0.326. The van der Waals surface area contributed by atoms with Gasteiger partial charge in [-0.25, -0.2) is 14.5 Å². The molecule has 4 amide bonds. The number of phenolic OH excluding ortho intramolecular Hbond substituents is 1. The largest absolute Gasteiger partial charge is 0.503 e. The Balaban J connectivity index is 2.00. The van der Waals surface area contributed by atoms with Gasteiger partial charge in [0.05, 0.1) is 30.5 Å². The molecular weight excluding hydrogens is 416 g/mol. The number of aromatic hydroxyl groups is 1. The summed E-state index contributed by atoms with van der Waals surface area (Å²) in [6.45, 7) is 0. The molecule has 0 radical (unpaired) electrons. The van der Waals surface area contributed by atoms with Crippen molar-refractivity contribution in [1.29, 1.82) is 0 Å². The third kappa shape index (κ3) is 3.83. The van der Waals surface area contributed by atoms with E-state index in [4.69, 9.17) is 16.3 Å². The van der Waals surface area contributed by atoms with Gasteiger partial charge in [0, 0.05) is 0 Å². The maximum Gasteiger partial charge on any atom is 0.337 e. The zero-order chi connectivity index (χ0) is 22.0. The summed E-state index contributed by atoms with van der Waals surface area (Å²) in [4.78, 5) is 49.7. The van der Waals surface area contributed by atoms with Crippen molar-refractivity contribution in [3.05, 3.63) is 58.1 Å². The number of barbiturate groups is 1. The van der Waals surface area contributed by atoms with Crippen molar-refractivity contribution in [3.8, 4) is 11.5 Å². The summed E-state index contributed by atoms with van der Waals surface area (Å²) in [6.07, 6.45) is 1.22. The highest BCUT2D eigenvalue weighted by Gasteiger charge is 2.37. The third-order valence-electron chi connectivity index (χ3n) is 4.23. The van der Waals surface area contributed by atoms with E-state index in [1.165, 1.54) is 56.7 Å². The van der Waals surface area contributed by atoms with Crippen LogP contribution in [0.25, 0.3) is 6.08 Å². The molecule has 1 heterocycles. The van der Waals surface area contributed by atoms with E-state index in [1.807, 2.05) is 0 Å². The van der Waals surface area contributed by atoms with Gasteiger partial charge >= 0.3 is 12.0 Å². The lowest BCUT2D eigenvalue weighted by Gasteiger charge is -2.26. The summed E-state index contributed by atoms with van der Waals surface area (Å²) in [5, 5.41) is 11.9. The number of nitrogens with zero attached hydrogens (tertiary/aromatic N) is 1. The van der Waals surface area contributed by atoms with Crippen LogP contribution in [-0.2, 0) is 14.3 Å².